The van der Waals surface area contributed by atoms with Crippen molar-refractivity contribution in [3.63, 3.8) is 0 Å². The first kappa shape index (κ1) is 11.5. The fourth-order valence-electron chi connectivity index (χ4n) is 2.73. The number of para-hydroxylation sites is 2. The Bertz CT molecular complexity index is 756. The van der Waals surface area contributed by atoms with E-state index < -0.39 is 0 Å². The highest BCUT2D eigenvalue weighted by Crippen LogP contribution is 2.32. The van der Waals surface area contributed by atoms with Crippen molar-refractivity contribution in [3.8, 4) is 11.5 Å². The van der Waals surface area contributed by atoms with E-state index in [1.807, 2.05) is 18.2 Å². The van der Waals surface area contributed by atoms with Crippen LogP contribution < -0.4 is 5.73 Å². The van der Waals surface area contributed by atoms with Crippen molar-refractivity contribution >= 4 is 16.9 Å². The number of nitrogens with two attached hydrogens (primary N) is 1. The van der Waals surface area contributed by atoms with Gasteiger partial charge in [-0.2, -0.15) is 0 Å². The molecule has 1 aliphatic rings. The molecule has 1 fully saturated rings. The van der Waals surface area contributed by atoms with E-state index in [-0.39, 0.29) is 5.82 Å². The summed E-state index contributed by atoms with van der Waals surface area (Å²) in [6.45, 7) is 0.947. The van der Waals surface area contributed by atoms with E-state index in [1.54, 1.807) is 0 Å². The van der Waals surface area contributed by atoms with E-state index in [0.29, 0.717) is 11.6 Å². The summed E-state index contributed by atoms with van der Waals surface area (Å²) in [7, 11) is 0. The van der Waals surface area contributed by atoms with Gasteiger partial charge in [0.2, 0.25) is 0 Å². The Morgan fingerprint density at radius 2 is 2.10 bits per heavy atom. The maximum Gasteiger partial charge on any atom is 0.199 e. The number of imidazole rings is 1. The average molecular weight is 269 g/mol. The molecule has 0 radical (unpaired) electrons. The standard InChI is InChI=1S/C14H15N5O/c15-13-12(17-20-18-13)14-16-10-6-1-2-7-11(10)19(14)8-9-4-3-5-9/h1-2,6-7,9H,3-5,8H2,(H2,15,18). The first-order valence-electron chi connectivity index (χ1n) is 6.86. The lowest BCUT2D eigenvalue weighted by Gasteiger charge is -2.26. The SMILES string of the molecule is Nc1nonc1-c1nc2ccccc2n1CC1CCC1. The maximum absolute atomic E-state index is 5.82. The minimum Gasteiger partial charge on any atom is -0.379 e. The molecule has 2 heterocycles. The smallest absolute Gasteiger partial charge is 0.199 e. The molecule has 1 aromatic carbocycles. The Labute approximate surface area is 115 Å². The second kappa shape index (κ2) is 4.33. The molecule has 0 unspecified atom stereocenters. The normalized spacial score (nSPS) is 15.6. The van der Waals surface area contributed by atoms with Gasteiger partial charge >= 0.3 is 0 Å². The third kappa shape index (κ3) is 1.68. The summed E-state index contributed by atoms with van der Waals surface area (Å²) in [5.41, 5.74) is 8.40. The Morgan fingerprint density at radius 1 is 1.25 bits per heavy atom. The molecule has 2 aromatic heterocycles. The zero-order valence-corrected chi connectivity index (χ0v) is 11.0. The lowest BCUT2D eigenvalue weighted by atomic mass is 9.85. The molecule has 6 heteroatoms. The second-order valence-electron chi connectivity index (χ2n) is 5.33. The minimum atomic E-state index is 0.287. The largest absolute Gasteiger partial charge is 0.379 e. The zero-order chi connectivity index (χ0) is 13.5. The summed E-state index contributed by atoms with van der Waals surface area (Å²) >= 11 is 0. The molecule has 4 rings (SSSR count). The van der Waals surface area contributed by atoms with Gasteiger partial charge in [0.15, 0.2) is 17.3 Å². The number of nitrogen functional groups attached to an aromatic ring is 1. The van der Waals surface area contributed by atoms with Gasteiger partial charge < -0.3 is 10.3 Å². The molecule has 1 aliphatic carbocycles. The Hall–Kier alpha value is -2.37. The van der Waals surface area contributed by atoms with Crippen LogP contribution in [0.4, 0.5) is 5.82 Å². The Kier molecular flexibility index (Phi) is 2.48. The van der Waals surface area contributed by atoms with Crippen molar-refractivity contribution in [2.24, 2.45) is 5.92 Å². The molecule has 6 nitrogen and oxygen atoms in total. The number of hydrogen-bond acceptors (Lipinski definition) is 5. The van der Waals surface area contributed by atoms with Crippen molar-refractivity contribution in [2.45, 2.75) is 25.8 Å². The van der Waals surface area contributed by atoms with Crippen LogP contribution >= 0.6 is 0 Å². The van der Waals surface area contributed by atoms with Crippen LogP contribution in [0.5, 0.6) is 0 Å². The van der Waals surface area contributed by atoms with Crippen LogP contribution in [-0.2, 0) is 6.54 Å². The fourth-order valence-corrected chi connectivity index (χ4v) is 2.73. The van der Waals surface area contributed by atoms with E-state index in [1.165, 1.54) is 19.3 Å². The molecule has 1 saturated carbocycles. The van der Waals surface area contributed by atoms with E-state index in [9.17, 15) is 0 Å². The number of hydrogen-bond donors (Lipinski definition) is 1. The summed E-state index contributed by atoms with van der Waals surface area (Å²) in [6.07, 6.45) is 3.87. The molecule has 0 atom stereocenters. The molecule has 0 amide bonds. The quantitative estimate of drug-likeness (QED) is 0.789. The molecule has 3 aromatic rings. The van der Waals surface area contributed by atoms with Crippen LogP contribution in [0.3, 0.4) is 0 Å². The first-order chi connectivity index (χ1) is 9.83. The van der Waals surface area contributed by atoms with E-state index in [0.717, 1.165) is 23.4 Å². The van der Waals surface area contributed by atoms with Gasteiger partial charge in [0.05, 0.1) is 11.0 Å². The van der Waals surface area contributed by atoms with Gasteiger partial charge in [0.25, 0.3) is 0 Å². The Balaban J connectivity index is 1.89. The van der Waals surface area contributed by atoms with Crippen LogP contribution in [0, 0.1) is 5.92 Å². The fraction of sp³-hybridized carbons (Fsp3) is 0.357. The topological polar surface area (TPSA) is 82.8 Å². The van der Waals surface area contributed by atoms with Crippen molar-refractivity contribution < 1.29 is 4.63 Å². The minimum absolute atomic E-state index is 0.287. The number of fused-ring (bicyclic) bond motifs is 1. The van der Waals surface area contributed by atoms with Gasteiger partial charge in [-0.1, -0.05) is 18.6 Å². The lowest BCUT2D eigenvalue weighted by Crippen LogP contribution is -2.18. The summed E-state index contributed by atoms with van der Waals surface area (Å²) < 4.78 is 6.91. The molecule has 0 bridgehead atoms. The van der Waals surface area contributed by atoms with Crippen molar-refractivity contribution in [1.29, 1.82) is 0 Å². The van der Waals surface area contributed by atoms with Crippen LogP contribution in [0.1, 0.15) is 19.3 Å². The van der Waals surface area contributed by atoms with E-state index >= 15 is 0 Å². The van der Waals surface area contributed by atoms with Crippen molar-refractivity contribution in [2.75, 3.05) is 5.73 Å². The first-order valence-corrected chi connectivity index (χ1v) is 6.86. The van der Waals surface area contributed by atoms with Gasteiger partial charge in [0.1, 0.15) is 0 Å². The number of rotatable bonds is 3. The highest BCUT2D eigenvalue weighted by Gasteiger charge is 2.23. The average Bonchev–Trinajstić information content (AvgIpc) is 2.97. The highest BCUT2D eigenvalue weighted by atomic mass is 16.6. The molecule has 0 aliphatic heterocycles. The number of anilines is 1. The zero-order valence-electron chi connectivity index (χ0n) is 11.0. The summed E-state index contributed by atoms with van der Waals surface area (Å²) in [5, 5.41) is 7.55. The van der Waals surface area contributed by atoms with Gasteiger partial charge in [0, 0.05) is 6.54 Å². The predicted molar refractivity (Wildman–Crippen MR) is 74.8 cm³/mol. The summed E-state index contributed by atoms with van der Waals surface area (Å²) in [5.74, 6) is 1.75. The lowest BCUT2D eigenvalue weighted by molar-refractivity contribution is 0.279. The Morgan fingerprint density at radius 3 is 2.80 bits per heavy atom. The molecule has 20 heavy (non-hydrogen) atoms. The van der Waals surface area contributed by atoms with Crippen molar-refractivity contribution in [3.05, 3.63) is 24.3 Å². The second-order valence-corrected chi connectivity index (χ2v) is 5.33. The van der Waals surface area contributed by atoms with Crippen LogP contribution in [-0.4, -0.2) is 19.9 Å². The highest BCUT2D eigenvalue weighted by molar-refractivity contribution is 5.81. The van der Waals surface area contributed by atoms with Crippen LogP contribution in [0.2, 0.25) is 0 Å². The van der Waals surface area contributed by atoms with Crippen LogP contribution in [0.15, 0.2) is 28.9 Å². The summed E-state index contributed by atoms with van der Waals surface area (Å²) in [6, 6.07) is 8.08. The summed E-state index contributed by atoms with van der Waals surface area (Å²) in [4.78, 5) is 4.65. The molecule has 2 N–H and O–H groups in total. The maximum atomic E-state index is 5.82. The van der Waals surface area contributed by atoms with Crippen molar-refractivity contribution in [1.82, 2.24) is 19.9 Å². The number of aromatic nitrogens is 4. The molecular formula is C14H15N5O. The number of benzene rings is 1. The van der Waals surface area contributed by atoms with Gasteiger partial charge in [-0.05, 0) is 41.2 Å². The third-order valence-corrected chi connectivity index (χ3v) is 4.05. The van der Waals surface area contributed by atoms with Gasteiger partial charge in [-0.3, -0.25) is 0 Å². The number of nitrogens with zero attached hydrogens (tertiary/aromatic N) is 4. The molecular weight excluding hydrogens is 254 g/mol. The molecule has 0 spiro atoms. The molecule has 0 saturated heterocycles. The monoisotopic (exact) mass is 269 g/mol. The van der Waals surface area contributed by atoms with Gasteiger partial charge in [-0.25, -0.2) is 9.61 Å². The predicted octanol–water partition coefficient (Wildman–Crippen LogP) is 2.47. The van der Waals surface area contributed by atoms with Gasteiger partial charge in [-0.15, -0.1) is 0 Å². The third-order valence-electron chi connectivity index (χ3n) is 4.05. The van der Waals surface area contributed by atoms with E-state index in [4.69, 9.17) is 10.4 Å². The van der Waals surface area contributed by atoms with E-state index in [2.05, 4.69) is 25.9 Å². The van der Waals surface area contributed by atoms with Crippen LogP contribution in [0.25, 0.3) is 22.6 Å². The molecule has 102 valence electrons.